The second kappa shape index (κ2) is 5.70. The van der Waals surface area contributed by atoms with E-state index in [0.717, 1.165) is 32.2 Å². The van der Waals surface area contributed by atoms with Crippen molar-refractivity contribution in [2.45, 2.75) is 45.1 Å². The van der Waals surface area contributed by atoms with Gasteiger partial charge in [-0.15, -0.1) is 0 Å². The van der Waals surface area contributed by atoms with E-state index in [2.05, 4.69) is 17.6 Å². The lowest BCUT2D eigenvalue weighted by Crippen LogP contribution is -2.50. The van der Waals surface area contributed by atoms with Crippen LogP contribution < -0.4 is 10.6 Å². The Morgan fingerprint density at radius 1 is 1.53 bits per heavy atom. The van der Waals surface area contributed by atoms with Gasteiger partial charge in [0.2, 0.25) is 5.91 Å². The van der Waals surface area contributed by atoms with Gasteiger partial charge in [-0.3, -0.25) is 4.79 Å². The molecule has 1 amide bonds. The SMILES string of the molecule is CCCC1(C(=O)Nc2cccc(F)c2C)CCCN1. The second-order valence-electron chi connectivity index (χ2n) is 5.23. The first-order valence-corrected chi connectivity index (χ1v) is 6.90. The summed E-state index contributed by atoms with van der Waals surface area (Å²) in [5.74, 6) is -0.331. The van der Waals surface area contributed by atoms with E-state index in [0.29, 0.717) is 11.3 Å². The van der Waals surface area contributed by atoms with Crippen LogP contribution in [-0.4, -0.2) is 18.0 Å². The Morgan fingerprint density at radius 2 is 2.32 bits per heavy atom. The molecule has 104 valence electrons. The molecule has 2 rings (SSSR count). The van der Waals surface area contributed by atoms with E-state index < -0.39 is 5.54 Å². The summed E-state index contributed by atoms with van der Waals surface area (Å²) >= 11 is 0. The number of anilines is 1. The molecule has 1 aliphatic rings. The van der Waals surface area contributed by atoms with E-state index in [4.69, 9.17) is 0 Å². The van der Waals surface area contributed by atoms with Gasteiger partial charge in [0.15, 0.2) is 0 Å². The number of rotatable bonds is 4. The van der Waals surface area contributed by atoms with Crippen molar-refractivity contribution in [3.05, 3.63) is 29.6 Å². The summed E-state index contributed by atoms with van der Waals surface area (Å²) in [6.07, 6.45) is 3.62. The van der Waals surface area contributed by atoms with Crippen molar-refractivity contribution >= 4 is 11.6 Å². The van der Waals surface area contributed by atoms with Gasteiger partial charge in [0.1, 0.15) is 5.82 Å². The molecule has 1 aromatic carbocycles. The Labute approximate surface area is 113 Å². The fourth-order valence-electron chi connectivity index (χ4n) is 2.74. The molecule has 1 atom stereocenters. The molecule has 1 heterocycles. The molecular weight excluding hydrogens is 243 g/mol. The summed E-state index contributed by atoms with van der Waals surface area (Å²) in [5, 5.41) is 6.20. The normalized spacial score (nSPS) is 22.5. The number of hydrogen-bond acceptors (Lipinski definition) is 2. The van der Waals surface area contributed by atoms with E-state index in [1.807, 2.05) is 0 Å². The summed E-state index contributed by atoms with van der Waals surface area (Å²) in [7, 11) is 0. The lowest BCUT2D eigenvalue weighted by molar-refractivity contribution is -0.122. The highest BCUT2D eigenvalue weighted by molar-refractivity contribution is 5.98. The maximum atomic E-state index is 13.5. The third-order valence-corrected chi connectivity index (χ3v) is 3.87. The van der Waals surface area contributed by atoms with Gasteiger partial charge in [-0.25, -0.2) is 4.39 Å². The first-order valence-electron chi connectivity index (χ1n) is 6.90. The molecule has 0 saturated carbocycles. The fraction of sp³-hybridized carbons (Fsp3) is 0.533. The molecule has 0 spiro atoms. The topological polar surface area (TPSA) is 41.1 Å². The van der Waals surface area contributed by atoms with Crippen molar-refractivity contribution < 1.29 is 9.18 Å². The van der Waals surface area contributed by atoms with E-state index in [1.165, 1.54) is 6.07 Å². The van der Waals surface area contributed by atoms with Crippen LogP contribution in [0.3, 0.4) is 0 Å². The number of benzene rings is 1. The zero-order chi connectivity index (χ0) is 13.9. The maximum absolute atomic E-state index is 13.5. The van der Waals surface area contributed by atoms with Crippen LogP contribution in [-0.2, 0) is 4.79 Å². The van der Waals surface area contributed by atoms with Crippen LogP contribution in [0.15, 0.2) is 18.2 Å². The standard InChI is InChI=1S/C15H21FN2O/c1-3-8-15(9-5-10-17-15)14(19)18-13-7-4-6-12(16)11(13)2/h4,6-7,17H,3,5,8-10H2,1-2H3,(H,18,19). The quantitative estimate of drug-likeness (QED) is 0.877. The number of nitrogens with one attached hydrogen (secondary N) is 2. The van der Waals surface area contributed by atoms with Gasteiger partial charge in [0.25, 0.3) is 0 Å². The summed E-state index contributed by atoms with van der Waals surface area (Å²) in [4.78, 5) is 12.5. The van der Waals surface area contributed by atoms with Crippen molar-refractivity contribution in [3.8, 4) is 0 Å². The van der Waals surface area contributed by atoms with Crippen LogP contribution in [0, 0.1) is 12.7 Å². The number of carbonyl (C=O) groups is 1. The van der Waals surface area contributed by atoms with Crippen molar-refractivity contribution in [3.63, 3.8) is 0 Å². The Morgan fingerprint density at radius 3 is 2.95 bits per heavy atom. The molecule has 1 aliphatic heterocycles. The van der Waals surface area contributed by atoms with Crippen LogP contribution in [0.25, 0.3) is 0 Å². The van der Waals surface area contributed by atoms with Gasteiger partial charge in [-0.1, -0.05) is 19.4 Å². The lowest BCUT2D eigenvalue weighted by atomic mass is 9.90. The summed E-state index contributed by atoms with van der Waals surface area (Å²) in [6.45, 7) is 4.62. The highest BCUT2D eigenvalue weighted by Gasteiger charge is 2.40. The van der Waals surface area contributed by atoms with Gasteiger partial charge < -0.3 is 10.6 Å². The molecule has 0 radical (unpaired) electrons. The average molecular weight is 264 g/mol. The van der Waals surface area contributed by atoms with Crippen LogP contribution >= 0.6 is 0 Å². The molecule has 0 aromatic heterocycles. The van der Waals surface area contributed by atoms with Gasteiger partial charge in [0, 0.05) is 11.3 Å². The minimum absolute atomic E-state index is 0.0412. The van der Waals surface area contributed by atoms with Crippen molar-refractivity contribution in [1.82, 2.24) is 5.32 Å². The van der Waals surface area contributed by atoms with E-state index in [1.54, 1.807) is 19.1 Å². The highest BCUT2D eigenvalue weighted by Crippen LogP contribution is 2.27. The van der Waals surface area contributed by atoms with Crippen molar-refractivity contribution in [1.29, 1.82) is 0 Å². The largest absolute Gasteiger partial charge is 0.324 e. The predicted molar refractivity (Wildman–Crippen MR) is 74.6 cm³/mol. The number of hydrogen-bond donors (Lipinski definition) is 2. The average Bonchev–Trinajstić information content (AvgIpc) is 2.85. The third-order valence-electron chi connectivity index (χ3n) is 3.87. The molecule has 1 unspecified atom stereocenters. The molecular formula is C15H21FN2O. The Hall–Kier alpha value is -1.42. The minimum Gasteiger partial charge on any atom is -0.324 e. The van der Waals surface area contributed by atoms with Crippen molar-refractivity contribution in [2.24, 2.45) is 0 Å². The van der Waals surface area contributed by atoms with Crippen LogP contribution in [0.5, 0.6) is 0 Å². The Bertz CT molecular complexity index is 467. The van der Waals surface area contributed by atoms with E-state index in [-0.39, 0.29) is 11.7 Å². The number of halogens is 1. The Balaban J connectivity index is 2.17. The summed E-state index contributed by atoms with van der Waals surface area (Å²) < 4.78 is 13.5. The highest BCUT2D eigenvalue weighted by atomic mass is 19.1. The predicted octanol–water partition coefficient (Wildman–Crippen LogP) is 2.99. The van der Waals surface area contributed by atoms with Crippen LogP contribution in [0.2, 0.25) is 0 Å². The minimum atomic E-state index is -0.479. The second-order valence-corrected chi connectivity index (χ2v) is 5.23. The molecule has 4 heteroatoms. The molecule has 0 bridgehead atoms. The third kappa shape index (κ3) is 2.78. The van der Waals surface area contributed by atoms with Gasteiger partial charge in [0.05, 0.1) is 5.54 Å². The fourth-order valence-corrected chi connectivity index (χ4v) is 2.74. The molecule has 1 saturated heterocycles. The molecule has 2 N–H and O–H groups in total. The van der Waals surface area contributed by atoms with Crippen LogP contribution in [0.4, 0.5) is 10.1 Å². The first kappa shape index (κ1) is 14.0. The summed E-state index contributed by atoms with van der Waals surface area (Å²) in [5.41, 5.74) is 0.572. The number of amides is 1. The number of carbonyl (C=O) groups excluding carboxylic acids is 1. The van der Waals surface area contributed by atoms with E-state index >= 15 is 0 Å². The van der Waals surface area contributed by atoms with Crippen LogP contribution in [0.1, 0.15) is 38.2 Å². The monoisotopic (exact) mass is 264 g/mol. The molecule has 19 heavy (non-hydrogen) atoms. The zero-order valence-electron chi connectivity index (χ0n) is 11.6. The van der Waals surface area contributed by atoms with Gasteiger partial charge in [-0.05, 0) is 44.9 Å². The molecule has 1 aromatic rings. The smallest absolute Gasteiger partial charge is 0.244 e. The lowest BCUT2D eigenvalue weighted by Gasteiger charge is -2.28. The molecule has 3 nitrogen and oxygen atoms in total. The summed E-state index contributed by atoms with van der Waals surface area (Å²) in [6, 6.07) is 4.76. The zero-order valence-corrected chi connectivity index (χ0v) is 11.6. The van der Waals surface area contributed by atoms with Gasteiger partial charge in [-0.2, -0.15) is 0 Å². The maximum Gasteiger partial charge on any atom is 0.244 e. The Kier molecular flexibility index (Phi) is 4.20. The first-order chi connectivity index (χ1) is 9.09. The molecule has 0 aliphatic carbocycles. The molecule has 1 fully saturated rings. The van der Waals surface area contributed by atoms with E-state index in [9.17, 15) is 9.18 Å². The van der Waals surface area contributed by atoms with Crippen molar-refractivity contribution in [2.75, 3.05) is 11.9 Å². The van der Waals surface area contributed by atoms with Gasteiger partial charge >= 0.3 is 0 Å².